The second-order valence-corrected chi connectivity index (χ2v) is 12.5. The van der Waals surface area contributed by atoms with E-state index in [-0.39, 0.29) is 47.6 Å². The summed E-state index contributed by atoms with van der Waals surface area (Å²) in [5.41, 5.74) is 3.03. The molecule has 0 saturated heterocycles. The maximum atomic E-state index is 8.48. The van der Waals surface area contributed by atoms with E-state index in [1.54, 1.807) is 9.80 Å². The molecule has 6 nitrogen and oxygen atoms in total. The molecule has 0 aromatic heterocycles. The van der Waals surface area contributed by atoms with Crippen molar-refractivity contribution in [3.05, 3.63) is 71.8 Å². The van der Waals surface area contributed by atoms with Crippen molar-refractivity contribution in [2.24, 2.45) is 0 Å². The number of benzene rings is 2. The van der Waals surface area contributed by atoms with E-state index in [1.807, 2.05) is 0 Å². The Kier molecular flexibility index (Phi) is 23.2. The van der Waals surface area contributed by atoms with Gasteiger partial charge in [-0.2, -0.15) is 0 Å². The summed E-state index contributed by atoms with van der Waals surface area (Å²) >= 11 is 18.4. The molecule has 0 amide bonds. The minimum atomic E-state index is -0.258. The van der Waals surface area contributed by atoms with Crippen LogP contribution in [-0.4, -0.2) is 113 Å². The van der Waals surface area contributed by atoms with Crippen LogP contribution in [0.1, 0.15) is 11.1 Å². The Bertz CT molecular complexity index is 714. The monoisotopic (exact) mass is 662 g/mol. The Morgan fingerprint density at radius 1 is 0.600 bits per heavy atom. The summed E-state index contributed by atoms with van der Waals surface area (Å²) in [6.07, 6.45) is 0. The SMILES string of the molecule is OCCN(CCO)C(=S)[S-].OCCN(CCO)C(=S)[S-].c1ccc([CH2][Sn+2][CH2]c2ccccc2)cc1. The Balaban J connectivity index is 0.000000517. The van der Waals surface area contributed by atoms with E-state index in [0.717, 1.165) is 0 Å². The molecule has 0 aliphatic rings. The van der Waals surface area contributed by atoms with Crippen molar-refractivity contribution in [3.63, 3.8) is 0 Å². The zero-order valence-electron chi connectivity index (χ0n) is 19.7. The fourth-order valence-corrected chi connectivity index (χ4v) is 6.69. The van der Waals surface area contributed by atoms with Gasteiger partial charge in [0.25, 0.3) is 0 Å². The van der Waals surface area contributed by atoms with Crippen LogP contribution < -0.4 is 0 Å². The van der Waals surface area contributed by atoms with Gasteiger partial charge < -0.3 is 79.9 Å². The number of aliphatic hydroxyl groups is 4. The first kappa shape index (κ1) is 34.3. The van der Waals surface area contributed by atoms with Gasteiger partial charge in [0.05, 0.1) is 26.4 Å². The number of nitrogens with zero attached hydrogens (tertiary/aromatic N) is 2. The second kappa shape index (κ2) is 23.7. The number of thiocarbonyl (C=S) groups is 2. The molecule has 0 unspecified atom stereocenters. The summed E-state index contributed by atoms with van der Waals surface area (Å²) < 4.78 is 3.28. The van der Waals surface area contributed by atoms with Crippen molar-refractivity contribution in [3.8, 4) is 0 Å². The normalized spacial score (nSPS) is 9.49. The van der Waals surface area contributed by atoms with Crippen LogP contribution in [0.4, 0.5) is 0 Å². The van der Waals surface area contributed by atoms with Gasteiger partial charge in [0, 0.05) is 26.2 Å². The molecule has 0 radical (unpaired) electrons. The van der Waals surface area contributed by atoms with Crippen LogP contribution in [-0.2, 0) is 34.1 Å². The van der Waals surface area contributed by atoms with Gasteiger partial charge in [-0.3, -0.25) is 0 Å². The minimum absolute atomic E-state index is 0.0107. The van der Waals surface area contributed by atoms with Crippen molar-refractivity contribution in [1.29, 1.82) is 0 Å². The van der Waals surface area contributed by atoms with Crippen molar-refractivity contribution >= 4 is 79.5 Å². The van der Waals surface area contributed by atoms with Crippen LogP contribution >= 0.6 is 24.4 Å². The fraction of sp³-hybridized carbons (Fsp3) is 0.417. The summed E-state index contributed by atoms with van der Waals surface area (Å²) in [5.74, 6) is 0. The first-order valence-electron chi connectivity index (χ1n) is 11.0. The number of rotatable bonds is 12. The van der Waals surface area contributed by atoms with Crippen LogP contribution in [0.25, 0.3) is 0 Å². The molecule has 2 aromatic rings. The summed E-state index contributed by atoms with van der Waals surface area (Å²) in [4.78, 5) is 3.15. The second-order valence-electron chi connectivity index (χ2n) is 6.98. The molecule has 0 fully saturated rings. The summed E-state index contributed by atoms with van der Waals surface area (Å²) in [7, 11) is 0. The molecule has 0 atom stereocenters. The summed E-state index contributed by atoms with van der Waals surface area (Å²) in [6, 6.07) is 21.7. The Labute approximate surface area is 241 Å². The average Bonchev–Trinajstić information content (AvgIpc) is 2.86. The summed E-state index contributed by atoms with van der Waals surface area (Å²) in [6.45, 7) is 1.67. The van der Waals surface area contributed by atoms with Gasteiger partial charge in [-0.25, -0.2) is 0 Å². The standard InChI is InChI=1S/2C7H7.2C5H11NO2S2.Sn/c2*1-7-5-3-2-4-6-7;2*7-3-1-6(2-4-8)5(9)10;/h2*2-6H,1H2;2*7-8H,1-4H2,(H,9,10);/q;;;;+2/p-2. The quantitative estimate of drug-likeness (QED) is 0.152. The average molecular weight is 662 g/mol. The molecule has 0 aliphatic heterocycles. The number of hydrogen-bond acceptors (Lipinski definition) is 8. The first-order valence-corrected chi connectivity index (χ1v) is 16.7. The fourth-order valence-electron chi connectivity index (χ4n) is 2.61. The van der Waals surface area contributed by atoms with E-state index in [9.17, 15) is 0 Å². The van der Waals surface area contributed by atoms with E-state index < -0.39 is 0 Å². The molecule has 35 heavy (non-hydrogen) atoms. The third-order valence-corrected chi connectivity index (χ3v) is 9.13. The van der Waals surface area contributed by atoms with Crippen LogP contribution in [0.5, 0.6) is 0 Å². The zero-order chi connectivity index (χ0) is 26.3. The Morgan fingerprint density at radius 3 is 1.11 bits per heavy atom. The van der Waals surface area contributed by atoms with Gasteiger partial charge in [-0.1, -0.05) is 8.64 Å². The predicted octanol–water partition coefficient (Wildman–Crippen LogP) is 1.30. The van der Waals surface area contributed by atoms with Crippen molar-refractivity contribution in [2.45, 2.75) is 8.87 Å². The van der Waals surface area contributed by atoms with Crippen molar-refractivity contribution < 1.29 is 20.4 Å². The molecular weight excluding hydrogens is 627 g/mol. The van der Waals surface area contributed by atoms with Crippen LogP contribution in [0.2, 0.25) is 0 Å². The molecule has 0 saturated carbocycles. The first-order chi connectivity index (χ1) is 16.9. The van der Waals surface area contributed by atoms with Crippen molar-refractivity contribution in [2.75, 3.05) is 52.6 Å². The van der Waals surface area contributed by atoms with E-state index in [0.29, 0.717) is 34.8 Å². The van der Waals surface area contributed by atoms with E-state index >= 15 is 0 Å². The van der Waals surface area contributed by atoms with Crippen LogP contribution in [0, 0.1) is 0 Å². The molecule has 192 valence electrons. The van der Waals surface area contributed by atoms with Gasteiger partial charge >= 0.3 is 102 Å². The molecule has 2 aromatic carbocycles. The van der Waals surface area contributed by atoms with E-state index in [1.165, 1.54) is 20.0 Å². The molecule has 2 rings (SSSR count). The number of hydrogen-bond donors (Lipinski definition) is 4. The van der Waals surface area contributed by atoms with Gasteiger partial charge in [0.1, 0.15) is 0 Å². The van der Waals surface area contributed by atoms with Crippen molar-refractivity contribution in [1.82, 2.24) is 9.80 Å². The Hall–Kier alpha value is -0.701. The van der Waals surface area contributed by atoms with Gasteiger partial charge in [0.15, 0.2) is 0 Å². The molecule has 0 heterocycles. The third kappa shape index (κ3) is 19.1. The third-order valence-electron chi connectivity index (χ3n) is 4.34. The molecule has 0 bridgehead atoms. The predicted molar refractivity (Wildman–Crippen MR) is 157 cm³/mol. The van der Waals surface area contributed by atoms with Crippen LogP contribution in [0.3, 0.4) is 0 Å². The zero-order valence-corrected chi connectivity index (χ0v) is 25.8. The van der Waals surface area contributed by atoms with Gasteiger partial charge in [-0.15, -0.1) is 0 Å². The number of aliphatic hydroxyl groups excluding tert-OH is 4. The molecule has 4 N–H and O–H groups in total. The topological polar surface area (TPSA) is 87.4 Å². The van der Waals surface area contributed by atoms with Gasteiger partial charge in [-0.05, 0) is 0 Å². The molecule has 0 aliphatic carbocycles. The van der Waals surface area contributed by atoms with E-state index in [4.69, 9.17) is 20.4 Å². The van der Waals surface area contributed by atoms with E-state index in [2.05, 4.69) is 110 Å². The van der Waals surface area contributed by atoms with Gasteiger partial charge in [0.2, 0.25) is 0 Å². The molecule has 0 spiro atoms. The molecular formula is C24H34N2O4S4Sn. The van der Waals surface area contributed by atoms with Crippen LogP contribution in [0.15, 0.2) is 60.7 Å². The maximum absolute atomic E-state index is 8.48. The molecule has 11 heteroatoms. The summed E-state index contributed by atoms with van der Waals surface area (Å²) in [5, 5.41) is 33.9. The Morgan fingerprint density at radius 2 is 0.886 bits per heavy atom.